The van der Waals surface area contributed by atoms with Crippen LogP contribution in [0.1, 0.15) is 111 Å². The summed E-state index contributed by atoms with van der Waals surface area (Å²) in [5, 5.41) is 4.38. The van der Waals surface area contributed by atoms with Gasteiger partial charge in [0.15, 0.2) is 0 Å². The number of oxime groups is 1. The van der Waals surface area contributed by atoms with Crippen LogP contribution in [0.4, 0.5) is 5.69 Å². The first-order valence-corrected chi connectivity index (χ1v) is 19.1. The Morgan fingerprint density at radius 2 is 1.69 bits per heavy atom. The van der Waals surface area contributed by atoms with Crippen LogP contribution in [0.2, 0.25) is 0 Å². The zero-order valence-electron chi connectivity index (χ0n) is 28.6. The zero-order chi connectivity index (χ0) is 32.2. The lowest BCUT2D eigenvalue weighted by atomic mass is 9.46. The number of halogens is 2. The van der Waals surface area contributed by atoms with Gasteiger partial charge in [0.1, 0.15) is 0 Å². The van der Waals surface area contributed by atoms with E-state index in [2.05, 4.69) is 50.8 Å². The highest BCUT2D eigenvalue weighted by atomic mass is 35.5. The van der Waals surface area contributed by atoms with Crippen molar-refractivity contribution in [2.24, 2.45) is 51.5 Å². The van der Waals surface area contributed by atoms with Crippen LogP contribution in [0.25, 0.3) is 0 Å². The second-order valence-electron chi connectivity index (χ2n) is 15.8. The Morgan fingerprint density at radius 3 is 2.38 bits per heavy atom. The number of anilines is 1. The summed E-state index contributed by atoms with van der Waals surface area (Å²) in [5.74, 6) is 5.88. The van der Waals surface area contributed by atoms with E-state index in [0.29, 0.717) is 17.2 Å². The Balaban J connectivity index is 1.18. The summed E-state index contributed by atoms with van der Waals surface area (Å²) < 4.78 is 0. The minimum absolute atomic E-state index is 0.206. The van der Waals surface area contributed by atoms with Crippen molar-refractivity contribution < 1.29 is 9.63 Å². The molecule has 1 aromatic rings. The molecule has 4 nitrogen and oxygen atoms in total. The molecule has 4 aliphatic carbocycles. The Labute approximate surface area is 283 Å². The van der Waals surface area contributed by atoms with E-state index < -0.39 is 0 Å². The molecule has 1 aromatic carbocycles. The molecule has 0 aromatic heterocycles. The van der Waals surface area contributed by atoms with Crippen molar-refractivity contribution in [1.82, 2.24) is 0 Å². The van der Waals surface area contributed by atoms with Gasteiger partial charge in [0.05, 0.1) is 12.1 Å². The van der Waals surface area contributed by atoms with Crippen LogP contribution >= 0.6 is 23.2 Å². The van der Waals surface area contributed by atoms with Gasteiger partial charge in [-0.1, -0.05) is 76.7 Å². The summed E-state index contributed by atoms with van der Waals surface area (Å²) >= 11 is 11.9. The molecule has 0 saturated heterocycles. The van der Waals surface area contributed by atoms with Crippen LogP contribution in [0, 0.1) is 46.3 Å². The van der Waals surface area contributed by atoms with E-state index in [4.69, 9.17) is 28.0 Å². The van der Waals surface area contributed by atoms with Gasteiger partial charge in [-0.25, -0.2) is 4.79 Å². The number of rotatable bonds is 13. The van der Waals surface area contributed by atoms with Crippen LogP contribution in [0.5, 0.6) is 0 Å². The summed E-state index contributed by atoms with van der Waals surface area (Å²) in [6.07, 6.45) is 16.8. The second kappa shape index (κ2) is 15.1. The molecule has 0 amide bonds. The van der Waals surface area contributed by atoms with Gasteiger partial charge in [-0.2, -0.15) is 0 Å². The molecule has 4 aliphatic rings. The zero-order valence-corrected chi connectivity index (χ0v) is 30.1. The molecule has 5 rings (SSSR count). The van der Waals surface area contributed by atoms with E-state index in [1.807, 2.05) is 24.3 Å². The quantitative estimate of drug-likeness (QED) is 0.120. The molecule has 250 valence electrons. The van der Waals surface area contributed by atoms with Crippen molar-refractivity contribution in [3.63, 3.8) is 0 Å². The van der Waals surface area contributed by atoms with Gasteiger partial charge in [0.2, 0.25) is 0 Å². The highest BCUT2D eigenvalue weighted by Gasteiger charge is 2.59. The van der Waals surface area contributed by atoms with E-state index in [0.717, 1.165) is 78.4 Å². The monoisotopic (exact) mass is 656 g/mol. The smallest absolute Gasteiger partial charge is 0.339 e. The molecule has 4 unspecified atom stereocenters. The number of alkyl halides is 2. The largest absolute Gasteiger partial charge is 0.369 e. The number of fused-ring (bicyclic) bond motifs is 5. The summed E-state index contributed by atoms with van der Waals surface area (Å²) in [7, 11) is 0. The molecular weight excluding hydrogens is 599 g/mol. The molecular formula is C39H58Cl2N2O2. The first kappa shape index (κ1) is 34.8. The van der Waals surface area contributed by atoms with Crippen molar-refractivity contribution in [3.05, 3.63) is 41.5 Å². The van der Waals surface area contributed by atoms with Crippen molar-refractivity contribution in [2.75, 3.05) is 29.7 Å². The van der Waals surface area contributed by atoms with Crippen molar-refractivity contribution in [3.8, 4) is 0 Å². The third kappa shape index (κ3) is 7.64. The molecule has 0 heterocycles. The molecule has 3 fully saturated rings. The Morgan fingerprint density at radius 1 is 0.956 bits per heavy atom. The summed E-state index contributed by atoms with van der Waals surface area (Å²) in [6.45, 7) is 14.0. The summed E-state index contributed by atoms with van der Waals surface area (Å²) in [4.78, 5) is 20.3. The van der Waals surface area contributed by atoms with Crippen LogP contribution in [-0.4, -0.2) is 36.5 Å². The molecule has 0 N–H and O–H groups in total. The number of nitrogens with zero attached hydrogens (tertiary/aromatic N) is 2. The Bertz CT molecular complexity index is 1210. The van der Waals surface area contributed by atoms with E-state index >= 15 is 0 Å². The Kier molecular flexibility index (Phi) is 11.7. The number of carbonyl (C=O) groups is 1. The molecule has 0 aliphatic heterocycles. The predicted molar refractivity (Wildman–Crippen MR) is 190 cm³/mol. The van der Waals surface area contributed by atoms with Gasteiger partial charge in [-0.05, 0) is 121 Å². The average molecular weight is 658 g/mol. The lowest BCUT2D eigenvalue weighted by Crippen LogP contribution is -2.51. The topological polar surface area (TPSA) is 41.9 Å². The van der Waals surface area contributed by atoms with Crippen molar-refractivity contribution >= 4 is 40.6 Å². The number of hydrogen-bond acceptors (Lipinski definition) is 4. The van der Waals surface area contributed by atoms with E-state index in [1.165, 1.54) is 57.8 Å². The highest BCUT2D eigenvalue weighted by Crippen LogP contribution is 2.67. The van der Waals surface area contributed by atoms with Crippen LogP contribution in [0.15, 0.2) is 41.1 Å². The minimum Gasteiger partial charge on any atom is -0.369 e. The van der Waals surface area contributed by atoms with Gasteiger partial charge < -0.3 is 9.74 Å². The second-order valence-corrected chi connectivity index (χ2v) is 16.5. The van der Waals surface area contributed by atoms with Gasteiger partial charge in [0, 0.05) is 30.5 Å². The molecule has 7 atom stereocenters. The first-order chi connectivity index (χ1) is 21.6. The number of benzene rings is 1. The van der Waals surface area contributed by atoms with Crippen LogP contribution < -0.4 is 4.90 Å². The fraction of sp³-hybridized carbons (Fsp3) is 0.744. The molecule has 0 bridgehead atoms. The average Bonchev–Trinajstić information content (AvgIpc) is 3.37. The SMILES string of the molecule is CC(C)CCC[C@@H](C)C1CCC2C3CCC4=C/C(=N/OC(=O)Cc5ccc(N(CCCl)CCCl)cc5)CC[C@]4(C)C3CC[C@@]21C. The molecule has 6 heteroatoms. The fourth-order valence-corrected chi connectivity index (χ4v) is 10.8. The van der Waals surface area contributed by atoms with Gasteiger partial charge in [0.25, 0.3) is 0 Å². The van der Waals surface area contributed by atoms with Crippen molar-refractivity contribution in [2.45, 2.75) is 112 Å². The molecule has 3 saturated carbocycles. The lowest BCUT2D eigenvalue weighted by molar-refractivity contribution is -0.142. The normalized spacial score (nSPS) is 32.4. The Hall–Kier alpha value is -1.52. The minimum atomic E-state index is -0.315. The standard InChI is InChI=1S/C39H58Cl2N2O2/c1-27(2)7-6-8-28(3)34-15-16-35-33-14-11-30-26-31(17-19-38(30,4)36(33)18-20-39(34,35)5)42-45-37(44)25-29-9-12-32(13-10-29)43(23-21-40)24-22-41/h9-10,12-13,26-28,33-36H,6-8,11,14-25H2,1-5H3/b42-31+/t28-,33?,34?,35?,36?,38+,39-/m1/s1. The first-order valence-electron chi connectivity index (χ1n) is 18.0. The summed E-state index contributed by atoms with van der Waals surface area (Å²) in [5.41, 5.74) is 5.24. The van der Waals surface area contributed by atoms with Crippen LogP contribution in [-0.2, 0) is 16.1 Å². The molecule has 0 radical (unpaired) electrons. The third-order valence-corrected chi connectivity index (χ3v) is 13.1. The molecule has 45 heavy (non-hydrogen) atoms. The van der Waals surface area contributed by atoms with Gasteiger partial charge in [-0.15, -0.1) is 23.2 Å². The van der Waals surface area contributed by atoms with Gasteiger partial charge in [-0.3, -0.25) is 0 Å². The summed E-state index contributed by atoms with van der Waals surface area (Å²) in [6, 6.07) is 7.98. The van der Waals surface area contributed by atoms with E-state index in [-0.39, 0.29) is 17.8 Å². The fourth-order valence-electron chi connectivity index (χ4n) is 10.4. The van der Waals surface area contributed by atoms with Crippen LogP contribution in [0.3, 0.4) is 0 Å². The lowest BCUT2D eigenvalue weighted by Gasteiger charge is -2.58. The van der Waals surface area contributed by atoms with Crippen molar-refractivity contribution in [1.29, 1.82) is 0 Å². The predicted octanol–water partition coefficient (Wildman–Crippen LogP) is 10.5. The number of allylic oxidation sites excluding steroid dienone is 2. The maximum atomic E-state index is 12.7. The van der Waals surface area contributed by atoms with E-state index in [9.17, 15) is 4.79 Å². The number of hydrogen-bond donors (Lipinski definition) is 0. The maximum absolute atomic E-state index is 12.7. The number of carbonyl (C=O) groups excluding carboxylic acids is 1. The van der Waals surface area contributed by atoms with E-state index in [1.54, 1.807) is 5.57 Å². The highest BCUT2D eigenvalue weighted by molar-refractivity contribution is 6.18. The third-order valence-electron chi connectivity index (χ3n) is 12.8. The molecule has 0 spiro atoms. The van der Waals surface area contributed by atoms with Gasteiger partial charge >= 0.3 is 5.97 Å². The maximum Gasteiger partial charge on any atom is 0.339 e.